The Kier molecular flexibility index (Phi) is 5.33. The van der Waals surface area contributed by atoms with Crippen LogP contribution in [0.15, 0.2) is 71.8 Å². The van der Waals surface area contributed by atoms with Crippen LogP contribution in [-0.2, 0) is 6.54 Å². The number of aromatic amines is 1. The van der Waals surface area contributed by atoms with Crippen LogP contribution in [0.4, 0.5) is 0 Å². The molecule has 0 unspecified atom stereocenters. The van der Waals surface area contributed by atoms with E-state index in [-0.39, 0.29) is 17.1 Å². The molecule has 0 saturated carbocycles. The summed E-state index contributed by atoms with van der Waals surface area (Å²) in [7, 11) is 0. The molecule has 3 aromatic heterocycles. The quantitative estimate of drug-likeness (QED) is 0.518. The van der Waals surface area contributed by atoms with Crippen LogP contribution in [0.1, 0.15) is 36.8 Å². The third kappa shape index (κ3) is 4.66. The molecule has 0 atom stereocenters. The fraction of sp³-hybridized carbons (Fsp3) is 0.208. The van der Waals surface area contributed by atoms with Crippen molar-refractivity contribution < 1.29 is 9.53 Å². The second-order valence-electron chi connectivity index (χ2n) is 8.24. The zero-order valence-corrected chi connectivity index (χ0v) is 17.7. The molecule has 4 rings (SSSR count). The Morgan fingerprint density at radius 2 is 1.77 bits per heavy atom. The summed E-state index contributed by atoms with van der Waals surface area (Å²) in [4.78, 5) is 32.3. The minimum Gasteiger partial charge on any atom is -0.488 e. The molecule has 0 aliphatic carbocycles. The average Bonchev–Trinajstić information content (AvgIpc) is 3.17. The smallest absolute Gasteiger partial charge is 0.268 e. The van der Waals surface area contributed by atoms with Gasteiger partial charge in [-0.1, -0.05) is 0 Å². The Bertz CT molecular complexity index is 1270. The number of pyridine rings is 2. The molecule has 1 aromatic carbocycles. The standard InChI is InChI=1S/C24H24N4O3/c1-24(2,3)31-19-7-5-18(6-8-19)28-21(29)9-4-17-14-20(27-22(17)28)23(30)26-15-16-10-12-25-13-11-16/h4-14,27H,15H2,1-3H3,(H,26,30). The molecule has 3 heterocycles. The second kappa shape index (κ2) is 8.10. The van der Waals surface area contributed by atoms with Gasteiger partial charge in [-0.25, -0.2) is 0 Å². The lowest BCUT2D eigenvalue weighted by atomic mass is 10.2. The number of aromatic nitrogens is 3. The summed E-state index contributed by atoms with van der Waals surface area (Å²) in [6.45, 7) is 6.32. The molecular formula is C24H24N4O3. The van der Waals surface area contributed by atoms with E-state index in [1.807, 2.05) is 57.2 Å². The molecule has 0 fully saturated rings. The molecule has 0 radical (unpaired) electrons. The van der Waals surface area contributed by atoms with Crippen LogP contribution >= 0.6 is 0 Å². The first kappa shape index (κ1) is 20.4. The highest BCUT2D eigenvalue weighted by molar-refractivity contribution is 5.97. The Morgan fingerprint density at radius 1 is 1.06 bits per heavy atom. The van der Waals surface area contributed by atoms with E-state index in [9.17, 15) is 9.59 Å². The molecule has 1 amide bonds. The number of carbonyl (C=O) groups is 1. The molecule has 158 valence electrons. The monoisotopic (exact) mass is 416 g/mol. The van der Waals surface area contributed by atoms with E-state index in [2.05, 4.69) is 15.3 Å². The van der Waals surface area contributed by atoms with Crippen LogP contribution in [0.5, 0.6) is 5.75 Å². The Balaban J connectivity index is 1.63. The minimum atomic E-state index is -0.309. The van der Waals surface area contributed by atoms with Crippen molar-refractivity contribution in [3.05, 3.63) is 88.6 Å². The van der Waals surface area contributed by atoms with Crippen LogP contribution in [0, 0.1) is 0 Å². The fourth-order valence-electron chi connectivity index (χ4n) is 3.29. The van der Waals surface area contributed by atoms with Crippen molar-refractivity contribution in [3.8, 4) is 11.4 Å². The van der Waals surface area contributed by atoms with Gasteiger partial charge in [0.2, 0.25) is 0 Å². The van der Waals surface area contributed by atoms with E-state index in [0.29, 0.717) is 23.6 Å². The maximum atomic E-state index is 12.6. The summed E-state index contributed by atoms with van der Waals surface area (Å²) in [6.07, 6.45) is 3.36. The number of rotatable bonds is 5. The maximum absolute atomic E-state index is 12.6. The number of nitrogens with zero attached hydrogens (tertiary/aromatic N) is 2. The second-order valence-corrected chi connectivity index (χ2v) is 8.24. The van der Waals surface area contributed by atoms with Gasteiger partial charge in [-0.2, -0.15) is 0 Å². The molecular weight excluding hydrogens is 392 g/mol. The van der Waals surface area contributed by atoms with Gasteiger partial charge >= 0.3 is 0 Å². The van der Waals surface area contributed by atoms with E-state index >= 15 is 0 Å². The third-order valence-electron chi connectivity index (χ3n) is 4.64. The number of nitrogens with one attached hydrogen (secondary N) is 2. The molecule has 7 heteroatoms. The summed E-state index contributed by atoms with van der Waals surface area (Å²) < 4.78 is 7.41. The maximum Gasteiger partial charge on any atom is 0.268 e. The fourth-order valence-corrected chi connectivity index (χ4v) is 3.29. The van der Waals surface area contributed by atoms with E-state index in [4.69, 9.17) is 4.74 Å². The van der Waals surface area contributed by atoms with Gasteiger partial charge < -0.3 is 15.0 Å². The lowest BCUT2D eigenvalue weighted by Crippen LogP contribution is -2.23. The number of hydrogen-bond acceptors (Lipinski definition) is 4. The Morgan fingerprint density at radius 3 is 2.45 bits per heavy atom. The van der Waals surface area contributed by atoms with Gasteiger partial charge in [0.15, 0.2) is 0 Å². The molecule has 0 saturated heterocycles. The van der Waals surface area contributed by atoms with E-state index in [1.54, 1.807) is 29.1 Å². The first-order valence-electron chi connectivity index (χ1n) is 10.0. The van der Waals surface area contributed by atoms with Crippen molar-refractivity contribution in [1.82, 2.24) is 19.9 Å². The summed E-state index contributed by atoms with van der Waals surface area (Å²) >= 11 is 0. The number of H-pyrrole nitrogens is 1. The average molecular weight is 416 g/mol. The highest BCUT2D eigenvalue weighted by atomic mass is 16.5. The van der Waals surface area contributed by atoms with Gasteiger partial charge in [-0.3, -0.25) is 19.1 Å². The number of benzene rings is 1. The summed E-state index contributed by atoms with van der Waals surface area (Å²) in [5, 5.41) is 3.64. The van der Waals surface area contributed by atoms with E-state index < -0.39 is 0 Å². The van der Waals surface area contributed by atoms with Gasteiger partial charge in [-0.05, 0) is 74.9 Å². The number of fused-ring (bicyclic) bond motifs is 1. The topological polar surface area (TPSA) is 89.0 Å². The van der Waals surface area contributed by atoms with E-state index in [1.165, 1.54) is 6.07 Å². The summed E-state index contributed by atoms with van der Waals surface area (Å²) in [6, 6.07) is 15.9. The summed E-state index contributed by atoms with van der Waals surface area (Å²) in [5.74, 6) is 0.472. The van der Waals surface area contributed by atoms with Gasteiger partial charge in [0.1, 0.15) is 22.7 Å². The van der Waals surface area contributed by atoms with Crippen molar-refractivity contribution in [2.75, 3.05) is 0 Å². The Hall–Kier alpha value is -3.87. The van der Waals surface area contributed by atoms with Gasteiger partial charge in [0, 0.05) is 30.4 Å². The van der Waals surface area contributed by atoms with Crippen LogP contribution in [0.3, 0.4) is 0 Å². The first-order valence-corrected chi connectivity index (χ1v) is 10.0. The highest BCUT2D eigenvalue weighted by Crippen LogP contribution is 2.22. The van der Waals surface area contributed by atoms with Crippen LogP contribution in [0.2, 0.25) is 0 Å². The van der Waals surface area contributed by atoms with Gasteiger partial charge in [0.25, 0.3) is 11.5 Å². The molecule has 31 heavy (non-hydrogen) atoms. The molecule has 7 nitrogen and oxygen atoms in total. The van der Waals surface area contributed by atoms with Crippen molar-refractivity contribution in [2.45, 2.75) is 32.9 Å². The molecule has 0 aliphatic rings. The normalized spacial score (nSPS) is 11.5. The third-order valence-corrected chi connectivity index (χ3v) is 4.64. The molecule has 2 N–H and O–H groups in total. The first-order chi connectivity index (χ1) is 14.8. The SMILES string of the molecule is CC(C)(C)Oc1ccc(-n2c(=O)ccc3cc(C(=O)NCc4ccncc4)[nH]c32)cc1. The van der Waals surface area contributed by atoms with E-state index in [0.717, 1.165) is 16.7 Å². The summed E-state index contributed by atoms with van der Waals surface area (Å²) in [5.41, 5.74) is 2.08. The number of ether oxygens (including phenoxy) is 1. The predicted octanol–water partition coefficient (Wildman–Crippen LogP) is 3.82. The molecule has 0 aliphatic heterocycles. The van der Waals surface area contributed by atoms with Crippen molar-refractivity contribution in [1.29, 1.82) is 0 Å². The highest BCUT2D eigenvalue weighted by Gasteiger charge is 2.15. The van der Waals surface area contributed by atoms with Gasteiger partial charge in [0.05, 0.1) is 5.69 Å². The van der Waals surface area contributed by atoms with Crippen LogP contribution in [0.25, 0.3) is 16.7 Å². The van der Waals surface area contributed by atoms with Crippen molar-refractivity contribution in [2.24, 2.45) is 0 Å². The van der Waals surface area contributed by atoms with Crippen molar-refractivity contribution in [3.63, 3.8) is 0 Å². The lowest BCUT2D eigenvalue weighted by molar-refractivity contribution is 0.0946. The van der Waals surface area contributed by atoms with Gasteiger partial charge in [-0.15, -0.1) is 0 Å². The van der Waals surface area contributed by atoms with Crippen molar-refractivity contribution >= 4 is 16.9 Å². The zero-order chi connectivity index (χ0) is 22.0. The Labute approximate surface area is 179 Å². The molecule has 0 spiro atoms. The lowest BCUT2D eigenvalue weighted by Gasteiger charge is -2.21. The van der Waals surface area contributed by atoms with Crippen LogP contribution in [-0.4, -0.2) is 26.0 Å². The zero-order valence-electron chi connectivity index (χ0n) is 17.7. The molecule has 4 aromatic rings. The van der Waals surface area contributed by atoms with Crippen LogP contribution < -0.4 is 15.6 Å². The largest absolute Gasteiger partial charge is 0.488 e. The number of amides is 1. The minimum absolute atomic E-state index is 0.192. The number of carbonyl (C=O) groups excluding carboxylic acids is 1. The number of hydrogen-bond donors (Lipinski definition) is 2. The molecule has 0 bridgehead atoms. The predicted molar refractivity (Wildman–Crippen MR) is 120 cm³/mol.